The van der Waals surface area contributed by atoms with E-state index in [1.54, 1.807) is 30.1 Å². The van der Waals surface area contributed by atoms with E-state index in [-0.39, 0.29) is 23.6 Å². The Hall–Kier alpha value is -4.10. The minimum absolute atomic E-state index is 0.0153. The number of carbonyl (C=O) groups excluding carboxylic acids is 1. The smallest absolute Gasteiger partial charge is 0.323 e. The van der Waals surface area contributed by atoms with E-state index in [4.69, 9.17) is 9.47 Å². The van der Waals surface area contributed by atoms with Crippen molar-refractivity contribution < 1.29 is 23.0 Å². The van der Waals surface area contributed by atoms with Crippen LogP contribution in [0, 0.1) is 35.8 Å². The van der Waals surface area contributed by atoms with Crippen molar-refractivity contribution in [3.8, 4) is 11.8 Å². The lowest BCUT2D eigenvalue weighted by Gasteiger charge is -2.25. The largest absolute Gasteiger partial charge is 0.468 e. The minimum atomic E-state index is -1.02. The summed E-state index contributed by atoms with van der Waals surface area (Å²) in [5.41, 5.74) is 1.46. The van der Waals surface area contributed by atoms with Crippen molar-refractivity contribution in [1.29, 1.82) is 0 Å². The molecule has 10 heteroatoms. The number of ether oxygens (including phenoxy) is 2. The van der Waals surface area contributed by atoms with Crippen LogP contribution in [0.1, 0.15) is 30.8 Å². The van der Waals surface area contributed by atoms with Crippen LogP contribution >= 0.6 is 0 Å². The van der Waals surface area contributed by atoms with Gasteiger partial charge in [0.1, 0.15) is 17.1 Å². The van der Waals surface area contributed by atoms with Crippen LogP contribution in [0.5, 0.6) is 0 Å². The van der Waals surface area contributed by atoms with E-state index < -0.39 is 23.0 Å². The molecule has 0 unspecified atom stereocenters. The highest BCUT2D eigenvalue weighted by molar-refractivity contribution is 5.94. The van der Waals surface area contributed by atoms with E-state index >= 15 is 4.39 Å². The Bertz CT molecular complexity index is 1590. The van der Waals surface area contributed by atoms with Gasteiger partial charge in [-0.15, -0.1) is 10.2 Å². The van der Waals surface area contributed by atoms with Crippen LogP contribution < -0.4 is 4.90 Å². The van der Waals surface area contributed by atoms with Gasteiger partial charge in [0.25, 0.3) is 5.78 Å². The van der Waals surface area contributed by atoms with Crippen LogP contribution in [0.25, 0.3) is 16.7 Å². The van der Waals surface area contributed by atoms with Gasteiger partial charge in [-0.2, -0.15) is 4.98 Å². The molecule has 0 saturated carbocycles. The Morgan fingerprint density at radius 3 is 2.78 bits per heavy atom. The third-order valence-corrected chi connectivity index (χ3v) is 6.16. The van der Waals surface area contributed by atoms with Gasteiger partial charge in [0, 0.05) is 23.4 Å². The number of carbonyl (C=O) groups is 1. The lowest BCUT2D eigenvalue weighted by atomic mass is 9.93. The molecule has 0 amide bonds. The molecule has 2 aromatic heterocycles. The lowest BCUT2D eigenvalue weighted by molar-refractivity contribution is -0.147. The molecule has 5 rings (SSSR count). The van der Waals surface area contributed by atoms with Gasteiger partial charge >= 0.3 is 5.97 Å². The monoisotopic (exact) mass is 491 g/mol. The maximum atomic E-state index is 15.3. The number of methoxy groups -OCH3 is 1. The van der Waals surface area contributed by atoms with Gasteiger partial charge in [0.15, 0.2) is 11.6 Å². The molecule has 0 aliphatic carbocycles. The molecule has 0 radical (unpaired) electrons. The second-order valence-electron chi connectivity index (χ2n) is 8.95. The number of anilines is 2. The van der Waals surface area contributed by atoms with Crippen molar-refractivity contribution >= 4 is 34.2 Å². The molecular weight excluding hydrogens is 468 g/mol. The number of nitrogens with zero attached hydrogens (tertiary/aromatic N) is 5. The number of benzene rings is 2. The molecule has 0 spiro atoms. The van der Waals surface area contributed by atoms with Gasteiger partial charge in [0.2, 0.25) is 0 Å². The molecule has 0 fully saturated rings. The fraction of sp³-hybridized carbons (Fsp3) is 0.308. The Morgan fingerprint density at radius 1 is 1.19 bits per heavy atom. The maximum Gasteiger partial charge on any atom is 0.323 e. The van der Waals surface area contributed by atoms with Crippen molar-refractivity contribution in [1.82, 2.24) is 19.6 Å². The number of hydrogen-bond donors (Lipinski definition) is 0. The Kier molecular flexibility index (Phi) is 5.80. The van der Waals surface area contributed by atoms with Crippen molar-refractivity contribution in [3.05, 3.63) is 58.9 Å². The molecule has 0 N–H and O–H groups in total. The summed E-state index contributed by atoms with van der Waals surface area (Å²) in [6.07, 6.45) is 0. The maximum absolute atomic E-state index is 15.3. The predicted octanol–water partition coefficient (Wildman–Crippen LogP) is 4.08. The van der Waals surface area contributed by atoms with Crippen LogP contribution in [0.15, 0.2) is 30.3 Å². The fourth-order valence-corrected chi connectivity index (χ4v) is 4.29. The van der Waals surface area contributed by atoms with E-state index in [0.717, 1.165) is 11.6 Å². The summed E-state index contributed by atoms with van der Waals surface area (Å²) in [4.78, 5) is 18.5. The van der Waals surface area contributed by atoms with Crippen LogP contribution in [0.4, 0.5) is 20.3 Å². The van der Waals surface area contributed by atoms with E-state index in [1.807, 2.05) is 18.2 Å². The van der Waals surface area contributed by atoms with E-state index in [1.165, 1.54) is 13.2 Å². The Balaban J connectivity index is 1.73. The summed E-state index contributed by atoms with van der Waals surface area (Å²) < 4.78 is 42.0. The highest BCUT2D eigenvalue weighted by Crippen LogP contribution is 2.37. The Morgan fingerprint density at radius 2 is 2.00 bits per heavy atom. The predicted molar refractivity (Wildman–Crippen MR) is 129 cm³/mol. The molecule has 0 atom stereocenters. The first kappa shape index (κ1) is 23.6. The normalized spacial score (nSPS) is 13.8. The average molecular weight is 491 g/mol. The van der Waals surface area contributed by atoms with Crippen molar-refractivity contribution in [2.45, 2.75) is 27.4 Å². The van der Waals surface area contributed by atoms with Gasteiger partial charge in [-0.25, -0.2) is 8.78 Å². The van der Waals surface area contributed by atoms with Crippen molar-refractivity contribution in [2.24, 2.45) is 5.41 Å². The molecule has 2 aromatic carbocycles. The summed E-state index contributed by atoms with van der Waals surface area (Å²) >= 11 is 0. The highest BCUT2D eigenvalue weighted by Gasteiger charge is 2.28. The number of aryl methyl sites for hydroxylation is 1. The topological polar surface area (TPSA) is 81.9 Å². The molecule has 3 heterocycles. The van der Waals surface area contributed by atoms with Crippen molar-refractivity contribution in [2.75, 3.05) is 25.2 Å². The first-order valence-corrected chi connectivity index (χ1v) is 11.3. The molecule has 1 aliphatic rings. The highest BCUT2D eigenvalue weighted by atomic mass is 19.2. The van der Waals surface area contributed by atoms with Gasteiger partial charge < -0.3 is 14.4 Å². The molecule has 1 aliphatic heterocycles. The van der Waals surface area contributed by atoms with Crippen LogP contribution in [0.3, 0.4) is 0 Å². The molecule has 0 bridgehead atoms. The molecule has 184 valence electrons. The summed E-state index contributed by atoms with van der Waals surface area (Å²) in [6.45, 7) is 5.97. The lowest BCUT2D eigenvalue weighted by Crippen LogP contribution is -2.24. The zero-order chi connectivity index (χ0) is 25.6. The number of esters is 1. The summed E-state index contributed by atoms with van der Waals surface area (Å²) in [6, 6.07) is 8.06. The molecule has 4 aromatic rings. The second-order valence-corrected chi connectivity index (χ2v) is 8.95. The summed E-state index contributed by atoms with van der Waals surface area (Å²) in [5, 5.41) is 8.20. The van der Waals surface area contributed by atoms with Gasteiger partial charge in [0.05, 0.1) is 31.2 Å². The third-order valence-electron chi connectivity index (χ3n) is 6.16. The first-order chi connectivity index (χ1) is 17.2. The van der Waals surface area contributed by atoms with E-state index in [2.05, 4.69) is 27.0 Å². The number of fused-ring (bicyclic) bond motifs is 4. The zero-order valence-corrected chi connectivity index (χ0v) is 20.2. The van der Waals surface area contributed by atoms with Crippen molar-refractivity contribution in [3.63, 3.8) is 0 Å². The summed E-state index contributed by atoms with van der Waals surface area (Å²) in [5.74, 6) is 4.60. The quantitative estimate of drug-likeness (QED) is 0.309. The summed E-state index contributed by atoms with van der Waals surface area (Å²) in [7, 11) is 1.32. The van der Waals surface area contributed by atoms with Crippen LogP contribution in [-0.2, 0) is 20.9 Å². The fourth-order valence-electron chi connectivity index (χ4n) is 4.29. The first-order valence-electron chi connectivity index (χ1n) is 11.3. The number of aromatic nitrogens is 4. The zero-order valence-electron chi connectivity index (χ0n) is 20.2. The standard InChI is InChI=1S/C26H23F2N5O3/c1-15-30-31-25-29-23(21-20(33(15)25)9-8-18(27)22(21)28)32-12-13-36-14-17-16(6-5-7-19(17)32)10-11-26(2,3)24(34)35-4/h5-9H,12-14H2,1-4H3. The van der Waals surface area contributed by atoms with Crippen LogP contribution in [0.2, 0.25) is 0 Å². The Labute approximate surface area is 205 Å². The van der Waals surface area contributed by atoms with Gasteiger partial charge in [-0.05, 0) is 45.0 Å². The van der Waals surface area contributed by atoms with Gasteiger partial charge in [-0.1, -0.05) is 17.9 Å². The van der Waals surface area contributed by atoms with Crippen LogP contribution in [-0.4, -0.2) is 45.8 Å². The average Bonchev–Trinajstić information content (AvgIpc) is 3.10. The molecule has 36 heavy (non-hydrogen) atoms. The number of hydrogen-bond acceptors (Lipinski definition) is 7. The molecular formula is C26H23F2N5O3. The minimum Gasteiger partial charge on any atom is -0.468 e. The second kappa shape index (κ2) is 8.84. The van der Waals surface area contributed by atoms with E-state index in [9.17, 15) is 9.18 Å². The van der Waals surface area contributed by atoms with E-state index in [0.29, 0.717) is 35.7 Å². The number of halogens is 2. The molecule has 0 saturated heterocycles. The molecule has 8 nitrogen and oxygen atoms in total. The van der Waals surface area contributed by atoms with Gasteiger partial charge in [-0.3, -0.25) is 9.20 Å². The SMILES string of the molecule is COC(=O)C(C)(C)C#Cc1cccc2c1COCCN2c1nc2nnc(C)n2c2ccc(F)c(F)c12. The third kappa shape index (κ3) is 3.82. The number of rotatable bonds is 2.